The zero-order valence-electron chi connectivity index (χ0n) is 11.3. The summed E-state index contributed by atoms with van der Waals surface area (Å²) in [5.41, 5.74) is 5.03. The average molecular weight is 322 g/mol. The van der Waals surface area contributed by atoms with E-state index in [1.807, 2.05) is 20.8 Å². The summed E-state index contributed by atoms with van der Waals surface area (Å²) in [5.74, 6) is 0.946. The third kappa shape index (κ3) is 1.81. The molecule has 4 heteroatoms. The maximum Gasteiger partial charge on any atom is 0.251 e. The van der Waals surface area contributed by atoms with Crippen LogP contribution in [0.4, 0.5) is 0 Å². The van der Waals surface area contributed by atoms with Gasteiger partial charge in [-0.25, -0.2) is 0 Å². The molecule has 3 nitrogen and oxygen atoms in total. The van der Waals surface area contributed by atoms with Gasteiger partial charge in [0.05, 0.1) is 5.52 Å². The van der Waals surface area contributed by atoms with Gasteiger partial charge in [0.25, 0.3) is 5.56 Å². The zero-order valence-corrected chi connectivity index (χ0v) is 12.8. The summed E-state index contributed by atoms with van der Waals surface area (Å²) in [4.78, 5) is 14.9. The van der Waals surface area contributed by atoms with Crippen molar-refractivity contribution in [1.82, 2.24) is 4.98 Å². The van der Waals surface area contributed by atoms with Crippen molar-refractivity contribution in [1.29, 1.82) is 0 Å². The molecule has 0 spiro atoms. The highest BCUT2D eigenvalue weighted by atomic mass is 79.9. The van der Waals surface area contributed by atoms with Gasteiger partial charge in [-0.3, -0.25) is 4.79 Å². The molecule has 1 aliphatic rings. The zero-order chi connectivity index (χ0) is 13.7. The number of alkyl halides is 1. The first-order valence-electron chi connectivity index (χ1n) is 6.41. The summed E-state index contributed by atoms with van der Waals surface area (Å²) in [7, 11) is 0. The summed E-state index contributed by atoms with van der Waals surface area (Å²) in [6.45, 7) is 5.89. The number of hydrogen-bond acceptors (Lipinski definition) is 2. The molecule has 19 heavy (non-hydrogen) atoms. The van der Waals surface area contributed by atoms with E-state index in [1.165, 1.54) is 5.56 Å². The lowest BCUT2D eigenvalue weighted by Gasteiger charge is -2.13. The third-order valence-corrected chi connectivity index (χ3v) is 4.70. The lowest BCUT2D eigenvalue weighted by molar-refractivity contribution is 0.263. The number of nitrogens with one attached hydrogen (secondary N) is 1. The predicted molar refractivity (Wildman–Crippen MR) is 80.7 cm³/mol. The molecular formula is C15H16BrNO2. The standard InChI is InChI=1S/C15H16BrNO2/c1-7-4-10-5-11(6-16)19-14(10)12-8(2)9(3)15(18)17-13(7)12/h4,11H,5-6H2,1-3H3,(H,17,18). The van der Waals surface area contributed by atoms with Crippen LogP contribution < -0.4 is 10.3 Å². The van der Waals surface area contributed by atoms with Crippen LogP contribution in [0.3, 0.4) is 0 Å². The Labute approximate surface area is 120 Å². The van der Waals surface area contributed by atoms with E-state index in [4.69, 9.17) is 4.74 Å². The normalized spacial score (nSPS) is 17.6. The number of H-pyrrole nitrogens is 1. The molecule has 1 aromatic carbocycles. The van der Waals surface area contributed by atoms with Gasteiger partial charge in [0.1, 0.15) is 11.9 Å². The fourth-order valence-electron chi connectivity index (χ4n) is 2.78. The average Bonchev–Trinajstić information content (AvgIpc) is 2.78. The van der Waals surface area contributed by atoms with Crippen molar-refractivity contribution >= 4 is 26.8 Å². The van der Waals surface area contributed by atoms with Gasteiger partial charge in [0, 0.05) is 22.7 Å². The number of fused-ring (bicyclic) bond motifs is 3. The number of ether oxygens (including phenoxy) is 1. The van der Waals surface area contributed by atoms with Crippen molar-refractivity contribution in [2.45, 2.75) is 33.3 Å². The minimum atomic E-state index is -0.0110. The van der Waals surface area contributed by atoms with Crippen LogP contribution in [-0.4, -0.2) is 16.4 Å². The second kappa shape index (κ2) is 4.37. The van der Waals surface area contributed by atoms with E-state index < -0.39 is 0 Å². The van der Waals surface area contributed by atoms with Crippen LogP contribution in [0, 0.1) is 20.8 Å². The lowest BCUT2D eigenvalue weighted by atomic mass is 9.98. The van der Waals surface area contributed by atoms with Gasteiger partial charge in [-0.2, -0.15) is 0 Å². The molecule has 100 valence electrons. The van der Waals surface area contributed by atoms with Crippen LogP contribution in [0.2, 0.25) is 0 Å². The van der Waals surface area contributed by atoms with E-state index in [0.717, 1.165) is 45.1 Å². The van der Waals surface area contributed by atoms with Gasteiger partial charge in [0.15, 0.2) is 0 Å². The fraction of sp³-hybridized carbons (Fsp3) is 0.400. The van der Waals surface area contributed by atoms with Crippen molar-refractivity contribution in [3.05, 3.63) is 38.7 Å². The smallest absolute Gasteiger partial charge is 0.251 e. The van der Waals surface area contributed by atoms with Crippen LogP contribution in [-0.2, 0) is 6.42 Å². The molecule has 1 unspecified atom stereocenters. The number of benzene rings is 1. The Morgan fingerprint density at radius 1 is 1.37 bits per heavy atom. The number of rotatable bonds is 1. The van der Waals surface area contributed by atoms with Crippen molar-refractivity contribution in [2.24, 2.45) is 0 Å². The maximum atomic E-state index is 11.9. The van der Waals surface area contributed by atoms with Crippen LogP contribution in [0.5, 0.6) is 5.75 Å². The van der Waals surface area contributed by atoms with Crippen LogP contribution >= 0.6 is 15.9 Å². The molecular weight excluding hydrogens is 306 g/mol. The van der Waals surface area contributed by atoms with Gasteiger partial charge in [-0.05, 0) is 37.5 Å². The van der Waals surface area contributed by atoms with Crippen molar-refractivity contribution < 1.29 is 4.74 Å². The highest BCUT2D eigenvalue weighted by Gasteiger charge is 2.26. The largest absolute Gasteiger partial charge is 0.488 e. The molecule has 1 aromatic heterocycles. The van der Waals surface area contributed by atoms with E-state index in [9.17, 15) is 4.79 Å². The summed E-state index contributed by atoms with van der Waals surface area (Å²) >= 11 is 3.48. The number of pyridine rings is 1. The summed E-state index contributed by atoms with van der Waals surface area (Å²) in [5, 5.41) is 1.89. The predicted octanol–water partition coefficient (Wildman–Crippen LogP) is 3.15. The number of aryl methyl sites for hydroxylation is 2. The molecule has 0 amide bonds. The van der Waals surface area contributed by atoms with Crippen molar-refractivity contribution in [3.8, 4) is 5.75 Å². The number of halogens is 1. The van der Waals surface area contributed by atoms with Crippen molar-refractivity contribution in [2.75, 3.05) is 5.33 Å². The molecule has 1 N–H and O–H groups in total. The molecule has 0 aliphatic carbocycles. The van der Waals surface area contributed by atoms with E-state index in [0.29, 0.717) is 0 Å². The molecule has 3 rings (SSSR count). The van der Waals surface area contributed by atoms with Gasteiger partial charge in [-0.1, -0.05) is 22.0 Å². The molecule has 0 saturated heterocycles. The molecule has 0 fully saturated rings. The SMILES string of the molecule is Cc1c(C)c2c3c(cc(C)c2[nH]c1=O)CC(CBr)O3. The van der Waals surface area contributed by atoms with Gasteiger partial charge >= 0.3 is 0 Å². The van der Waals surface area contributed by atoms with E-state index in [-0.39, 0.29) is 11.7 Å². The monoisotopic (exact) mass is 321 g/mol. The first-order valence-corrected chi connectivity index (χ1v) is 7.53. The Hall–Kier alpha value is -1.29. The van der Waals surface area contributed by atoms with E-state index in [1.54, 1.807) is 0 Å². The lowest BCUT2D eigenvalue weighted by Crippen LogP contribution is -2.14. The Kier molecular flexibility index (Phi) is 2.93. The molecule has 0 bridgehead atoms. The van der Waals surface area contributed by atoms with E-state index >= 15 is 0 Å². The highest BCUT2D eigenvalue weighted by Crippen LogP contribution is 2.39. The first kappa shape index (κ1) is 12.7. The molecule has 0 saturated carbocycles. The molecule has 1 aliphatic heterocycles. The minimum Gasteiger partial charge on any atom is -0.488 e. The van der Waals surface area contributed by atoms with Crippen LogP contribution in [0.1, 0.15) is 22.3 Å². The Morgan fingerprint density at radius 3 is 2.79 bits per heavy atom. The van der Waals surface area contributed by atoms with Gasteiger partial charge < -0.3 is 9.72 Å². The maximum absolute atomic E-state index is 11.9. The number of aromatic nitrogens is 1. The first-order chi connectivity index (χ1) is 9.02. The summed E-state index contributed by atoms with van der Waals surface area (Å²) in [6, 6.07) is 2.13. The van der Waals surface area contributed by atoms with Crippen LogP contribution in [0.25, 0.3) is 10.9 Å². The van der Waals surface area contributed by atoms with E-state index in [2.05, 4.69) is 27.0 Å². The highest BCUT2D eigenvalue weighted by molar-refractivity contribution is 9.09. The topological polar surface area (TPSA) is 42.1 Å². The third-order valence-electron chi connectivity index (χ3n) is 3.97. The number of hydrogen-bond donors (Lipinski definition) is 1. The molecule has 1 atom stereocenters. The summed E-state index contributed by atoms with van der Waals surface area (Å²) < 4.78 is 6.03. The second-order valence-electron chi connectivity index (χ2n) is 5.23. The van der Waals surface area contributed by atoms with Crippen LogP contribution in [0.15, 0.2) is 10.9 Å². The molecule has 2 aromatic rings. The van der Waals surface area contributed by atoms with Crippen molar-refractivity contribution in [3.63, 3.8) is 0 Å². The second-order valence-corrected chi connectivity index (χ2v) is 5.88. The van der Waals surface area contributed by atoms with Gasteiger partial charge in [0.2, 0.25) is 0 Å². The number of aromatic amines is 1. The Morgan fingerprint density at radius 2 is 2.11 bits per heavy atom. The fourth-order valence-corrected chi connectivity index (χ4v) is 3.14. The summed E-state index contributed by atoms with van der Waals surface area (Å²) in [6.07, 6.45) is 1.11. The minimum absolute atomic E-state index is 0.0110. The Balaban J connectivity index is 2.41. The molecule has 2 heterocycles. The quantitative estimate of drug-likeness (QED) is 0.820. The Bertz CT molecular complexity index is 733. The molecule has 0 radical (unpaired) electrons. The van der Waals surface area contributed by atoms with Gasteiger partial charge in [-0.15, -0.1) is 0 Å².